The van der Waals surface area contributed by atoms with Crippen molar-refractivity contribution >= 4 is 44.6 Å². The molecule has 58 heavy (non-hydrogen) atoms. The van der Waals surface area contributed by atoms with E-state index in [0.29, 0.717) is 0 Å². The SMILES string of the molecule is CC1(C)CN(c2ccccc2)C(c2ccc(-c3c4ccccc4c(-c4ccc(C5=NC(C)(C)CN5c5ccccc5)nc4)c4cc(-c5ccccc5)ccc34)cn2)=N1. The van der Waals surface area contributed by atoms with Gasteiger partial charge in [-0.25, -0.2) is 0 Å². The molecule has 6 nitrogen and oxygen atoms in total. The first-order valence-corrected chi connectivity index (χ1v) is 20.0. The number of hydrogen-bond donors (Lipinski definition) is 0. The van der Waals surface area contributed by atoms with Crippen molar-refractivity contribution < 1.29 is 0 Å². The maximum absolute atomic E-state index is 5.16. The van der Waals surface area contributed by atoms with E-state index in [1.165, 1.54) is 10.9 Å². The minimum absolute atomic E-state index is 0.223. The number of nitrogens with zero attached hydrogens (tertiary/aromatic N) is 6. The number of hydrogen-bond acceptors (Lipinski definition) is 6. The number of benzene rings is 6. The standard InChI is InChI=1S/C52H44N6/c1-51(2)33-57(39-18-10-6-11-19-39)49(55-51)45-28-25-37(31-53-45)47-41-22-14-15-23-42(41)48(44-30-36(24-27-43(44)47)35-16-8-5-9-17-35)38-26-29-46(54-32-38)50-56-52(3,4)34-58(50)40-20-12-7-13-21-40/h5-32H,33-34H2,1-4H3. The van der Waals surface area contributed by atoms with Crippen molar-refractivity contribution in [1.29, 1.82) is 0 Å². The van der Waals surface area contributed by atoms with E-state index >= 15 is 0 Å². The van der Waals surface area contributed by atoms with Crippen LogP contribution in [0.5, 0.6) is 0 Å². The zero-order valence-corrected chi connectivity index (χ0v) is 33.3. The molecule has 10 rings (SSSR count). The smallest absolute Gasteiger partial charge is 0.155 e. The maximum atomic E-state index is 5.16. The third-order valence-electron chi connectivity index (χ3n) is 11.2. The fourth-order valence-electron chi connectivity index (χ4n) is 8.68. The number of anilines is 2. The first-order valence-electron chi connectivity index (χ1n) is 20.0. The van der Waals surface area contributed by atoms with E-state index < -0.39 is 0 Å². The lowest BCUT2D eigenvalue weighted by molar-refractivity contribution is 0.564. The Morgan fingerprint density at radius 3 is 1.28 bits per heavy atom. The van der Waals surface area contributed by atoms with Crippen molar-refractivity contribution in [1.82, 2.24) is 9.97 Å². The van der Waals surface area contributed by atoms with Crippen LogP contribution in [0, 0.1) is 0 Å². The molecule has 0 aliphatic carbocycles. The molecule has 0 fully saturated rings. The number of fused-ring (bicyclic) bond motifs is 2. The predicted octanol–water partition coefficient (Wildman–Crippen LogP) is 11.9. The van der Waals surface area contributed by atoms with Gasteiger partial charge in [0.25, 0.3) is 0 Å². The lowest BCUT2D eigenvalue weighted by atomic mass is 9.85. The Hall–Kier alpha value is -6.92. The summed E-state index contributed by atoms with van der Waals surface area (Å²) in [4.78, 5) is 25.2. The zero-order valence-electron chi connectivity index (χ0n) is 33.3. The Morgan fingerprint density at radius 2 is 0.810 bits per heavy atom. The number of rotatable bonds is 7. The molecule has 0 amide bonds. The van der Waals surface area contributed by atoms with Crippen molar-refractivity contribution in [3.05, 3.63) is 182 Å². The van der Waals surface area contributed by atoms with Gasteiger partial charge in [-0.05, 0) is 114 Å². The Morgan fingerprint density at radius 1 is 0.397 bits per heavy atom. The lowest BCUT2D eigenvalue weighted by Gasteiger charge is -2.23. The van der Waals surface area contributed by atoms with Crippen LogP contribution in [-0.4, -0.2) is 45.8 Å². The molecule has 0 bridgehead atoms. The van der Waals surface area contributed by atoms with E-state index in [9.17, 15) is 0 Å². The van der Waals surface area contributed by atoms with E-state index in [0.717, 1.165) is 91.5 Å². The van der Waals surface area contributed by atoms with Crippen molar-refractivity contribution in [3.8, 4) is 33.4 Å². The first kappa shape index (κ1) is 35.5. The van der Waals surface area contributed by atoms with E-state index in [1.807, 2.05) is 12.4 Å². The Bertz CT molecular complexity index is 2860. The van der Waals surface area contributed by atoms with Crippen LogP contribution in [0.1, 0.15) is 39.1 Å². The number of amidine groups is 2. The second kappa shape index (κ2) is 13.9. The zero-order chi connectivity index (χ0) is 39.4. The number of aromatic nitrogens is 2. The van der Waals surface area contributed by atoms with Gasteiger partial charge < -0.3 is 9.80 Å². The number of pyridine rings is 2. The topological polar surface area (TPSA) is 57.0 Å². The quantitative estimate of drug-likeness (QED) is 0.152. The highest BCUT2D eigenvalue weighted by Gasteiger charge is 2.35. The summed E-state index contributed by atoms with van der Waals surface area (Å²) < 4.78 is 0. The molecular formula is C52H44N6. The second-order valence-corrected chi connectivity index (χ2v) is 16.6. The Labute approximate surface area is 339 Å². The number of para-hydroxylation sites is 2. The van der Waals surface area contributed by atoms with E-state index in [2.05, 4.69) is 195 Å². The molecule has 6 heteroatoms. The number of aliphatic imine (C=N–C) groups is 2. The third-order valence-corrected chi connectivity index (χ3v) is 11.2. The van der Waals surface area contributed by atoms with Crippen molar-refractivity contribution in [2.24, 2.45) is 9.98 Å². The van der Waals surface area contributed by atoms with Crippen LogP contribution < -0.4 is 9.80 Å². The van der Waals surface area contributed by atoms with Gasteiger partial charge in [0, 0.05) is 48.0 Å². The molecule has 0 saturated carbocycles. The van der Waals surface area contributed by atoms with Crippen LogP contribution in [0.3, 0.4) is 0 Å². The average molecular weight is 753 g/mol. The molecule has 8 aromatic rings. The van der Waals surface area contributed by atoms with Gasteiger partial charge in [0.15, 0.2) is 11.7 Å². The van der Waals surface area contributed by atoms with E-state index in [1.54, 1.807) is 0 Å². The van der Waals surface area contributed by atoms with Gasteiger partial charge in [-0.15, -0.1) is 0 Å². The summed E-state index contributed by atoms with van der Waals surface area (Å²) in [6.45, 7) is 10.3. The molecule has 6 aromatic carbocycles. The monoisotopic (exact) mass is 752 g/mol. The van der Waals surface area contributed by atoms with Crippen LogP contribution in [0.25, 0.3) is 54.9 Å². The van der Waals surface area contributed by atoms with Crippen LogP contribution in [0.15, 0.2) is 180 Å². The summed E-state index contributed by atoms with van der Waals surface area (Å²) in [6.07, 6.45) is 4.05. The molecule has 0 radical (unpaired) electrons. The highest BCUT2D eigenvalue weighted by Crippen LogP contribution is 2.45. The van der Waals surface area contributed by atoms with Gasteiger partial charge in [-0.3, -0.25) is 20.0 Å². The highest BCUT2D eigenvalue weighted by atomic mass is 15.3. The van der Waals surface area contributed by atoms with E-state index in [-0.39, 0.29) is 11.1 Å². The van der Waals surface area contributed by atoms with Crippen LogP contribution in [-0.2, 0) is 0 Å². The largest absolute Gasteiger partial charge is 0.322 e. The van der Waals surface area contributed by atoms with Crippen LogP contribution in [0.2, 0.25) is 0 Å². The molecular weight excluding hydrogens is 709 g/mol. The fourth-order valence-corrected chi connectivity index (χ4v) is 8.68. The summed E-state index contributed by atoms with van der Waals surface area (Å²) in [5.74, 6) is 1.80. The van der Waals surface area contributed by atoms with Gasteiger partial charge in [-0.2, -0.15) is 0 Å². The van der Waals surface area contributed by atoms with Gasteiger partial charge in [0.2, 0.25) is 0 Å². The summed E-state index contributed by atoms with van der Waals surface area (Å²) in [7, 11) is 0. The normalized spacial score (nSPS) is 15.9. The van der Waals surface area contributed by atoms with Gasteiger partial charge in [0.05, 0.1) is 11.1 Å². The predicted molar refractivity (Wildman–Crippen MR) is 242 cm³/mol. The van der Waals surface area contributed by atoms with E-state index in [4.69, 9.17) is 20.0 Å². The summed E-state index contributed by atoms with van der Waals surface area (Å²) >= 11 is 0. The van der Waals surface area contributed by atoms with Crippen molar-refractivity contribution in [3.63, 3.8) is 0 Å². The fraction of sp³-hybridized carbons (Fsp3) is 0.154. The van der Waals surface area contributed by atoms with Crippen molar-refractivity contribution in [2.45, 2.75) is 38.8 Å². The lowest BCUT2D eigenvalue weighted by Crippen LogP contribution is -2.33. The Balaban J connectivity index is 1.12. The van der Waals surface area contributed by atoms with Crippen LogP contribution >= 0.6 is 0 Å². The molecule has 4 heterocycles. The summed E-state index contributed by atoms with van der Waals surface area (Å²) in [5, 5.41) is 4.65. The molecule has 2 aromatic heterocycles. The van der Waals surface area contributed by atoms with Crippen molar-refractivity contribution in [2.75, 3.05) is 22.9 Å². The molecule has 2 aliphatic heterocycles. The van der Waals surface area contributed by atoms with Gasteiger partial charge in [-0.1, -0.05) is 115 Å². The molecule has 0 spiro atoms. The second-order valence-electron chi connectivity index (χ2n) is 16.6. The molecule has 0 unspecified atom stereocenters. The molecule has 0 N–H and O–H groups in total. The van der Waals surface area contributed by atoms with Gasteiger partial charge >= 0.3 is 0 Å². The summed E-state index contributed by atoms with van der Waals surface area (Å²) in [6, 6.07) is 55.9. The minimum atomic E-state index is -0.225. The van der Waals surface area contributed by atoms with Gasteiger partial charge in [0.1, 0.15) is 11.4 Å². The van der Waals surface area contributed by atoms with Crippen LogP contribution in [0.4, 0.5) is 11.4 Å². The first-order chi connectivity index (χ1) is 28.2. The maximum Gasteiger partial charge on any atom is 0.155 e. The third kappa shape index (κ3) is 6.41. The highest BCUT2D eigenvalue weighted by molar-refractivity contribution is 6.22. The average Bonchev–Trinajstić information content (AvgIpc) is 3.78. The molecule has 282 valence electrons. The molecule has 2 aliphatic rings. The molecule has 0 atom stereocenters. The summed E-state index contributed by atoms with van der Waals surface area (Å²) in [5.41, 5.74) is 10.3. The minimum Gasteiger partial charge on any atom is -0.322 e. The molecule has 0 saturated heterocycles. The Kier molecular flexibility index (Phi) is 8.52.